The summed E-state index contributed by atoms with van der Waals surface area (Å²) in [6, 6.07) is 13.4. The number of para-hydroxylation sites is 2. The topological polar surface area (TPSA) is 105 Å². The standard InChI is InChI=1S/C24H33N3O6S/c1-18(24(29)25-2)26(17-19-12-14-20(32-3)15-13-19)23(28)11-8-16-27(34(5,30)31)21-9-6-7-10-22(21)33-4/h6-7,9-10,12-15,18H,8,11,16-17H2,1-5H3,(H,25,29)/t18-/m1/s1. The first-order valence-electron chi connectivity index (χ1n) is 10.9. The van der Waals surface area contributed by atoms with Gasteiger partial charge in [0.25, 0.3) is 0 Å². The Balaban J connectivity index is 2.17. The van der Waals surface area contributed by atoms with E-state index in [4.69, 9.17) is 9.47 Å². The lowest BCUT2D eigenvalue weighted by Gasteiger charge is -2.29. The van der Waals surface area contributed by atoms with Gasteiger partial charge in [0, 0.05) is 26.6 Å². The van der Waals surface area contributed by atoms with Gasteiger partial charge in [0.1, 0.15) is 17.5 Å². The number of amides is 2. The van der Waals surface area contributed by atoms with Gasteiger partial charge in [0.2, 0.25) is 21.8 Å². The maximum absolute atomic E-state index is 13.2. The van der Waals surface area contributed by atoms with Crippen molar-refractivity contribution in [2.45, 2.75) is 32.4 Å². The number of ether oxygens (including phenoxy) is 2. The quantitative estimate of drug-likeness (QED) is 0.489. The molecule has 1 N–H and O–H groups in total. The molecule has 0 spiro atoms. The van der Waals surface area contributed by atoms with Gasteiger partial charge in [0.15, 0.2) is 0 Å². The number of likely N-dealkylation sites (N-methyl/N-ethyl adjacent to an activating group) is 1. The lowest BCUT2D eigenvalue weighted by Crippen LogP contribution is -2.46. The van der Waals surface area contributed by atoms with Gasteiger partial charge >= 0.3 is 0 Å². The predicted octanol–water partition coefficient (Wildman–Crippen LogP) is 2.41. The summed E-state index contributed by atoms with van der Waals surface area (Å²) >= 11 is 0. The molecule has 0 aliphatic rings. The number of benzene rings is 2. The summed E-state index contributed by atoms with van der Waals surface area (Å²) < 4.78 is 36.6. The fourth-order valence-electron chi connectivity index (χ4n) is 3.54. The van der Waals surface area contributed by atoms with Gasteiger partial charge in [-0.1, -0.05) is 24.3 Å². The van der Waals surface area contributed by atoms with Gasteiger partial charge in [-0.25, -0.2) is 8.42 Å². The zero-order valence-corrected chi connectivity index (χ0v) is 21.1. The molecule has 2 aromatic rings. The maximum atomic E-state index is 13.2. The third-order valence-electron chi connectivity index (χ3n) is 5.43. The number of methoxy groups -OCH3 is 2. The van der Waals surface area contributed by atoms with Crippen LogP contribution in [0, 0.1) is 0 Å². The molecular formula is C24H33N3O6S. The molecule has 186 valence electrons. The molecule has 2 amide bonds. The van der Waals surface area contributed by atoms with Gasteiger partial charge in [0.05, 0.1) is 26.2 Å². The lowest BCUT2D eigenvalue weighted by molar-refractivity contribution is -0.140. The Morgan fingerprint density at radius 2 is 1.68 bits per heavy atom. The average Bonchev–Trinajstić information content (AvgIpc) is 2.83. The van der Waals surface area contributed by atoms with Crippen molar-refractivity contribution >= 4 is 27.5 Å². The molecule has 0 aliphatic heterocycles. The van der Waals surface area contributed by atoms with E-state index < -0.39 is 16.1 Å². The number of nitrogens with one attached hydrogen (secondary N) is 1. The molecule has 0 radical (unpaired) electrons. The lowest BCUT2D eigenvalue weighted by atomic mass is 10.1. The molecule has 34 heavy (non-hydrogen) atoms. The molecular weight excluding hydrogens is 458 g/mol. The molecule has 0 fully saturated rings. The highest BCUT2D eigenvalue weighted by molar-refractivity contribution is 7.92. The van der Waals surface area contributed by atoms with E-state index in [1.807, 2.05) is 12.1 Å². The minimum atomic E-state index is -3.61. The van der Waals surface area contributed by atoms with E-state index in [-0.39, 0.29) is 37.7 Å². The molecule has 0 bridgehead atoms. The third-order valence-corrected chi connectivity index (χ3v) is 6.61. The number of hydrogen-bond donors (Lipinski definition) is 1. The summed E-state index contributed by atoms with van der Waals surface area (Å²) in [5.41, 5.74) is 1.26. The van der Waals surface area contributed by atoms with Crippen molar-refractivity contribution in [3.63, 3.8) is 0 Å². The molecule has 2 aromatic carbocycles. The van der Waals surface area contributed by atoms with E-state index in [0.717, 1.165) is 11.8 Å². The van der Waals surface area contributed by atoms with E-state index in [9.17, 15) is 18.0 Å². The first kappa shape index (κ1) is 27.0. The summed E-state index contributed by atoms with van der Waals surface area (Å²) in [6.45, 7) is 1.99. The Hall–Kier alpha value is -3.27. The molecule has 1 atom stereocenters. The largest absolute Gasteiger partial charge is 0.497 e. The van der Waals surface area contributed by atoms with Crippen molar-refractivity contribution in [3.8, 4) is 11.5 Å². The van der Waals surface area contributed by atoms with E-state index in [0.29, 0.717) is 17.2 Å². The van der Waals surface area contributed by atoms with Crippen molar-refractivity contribution in [1.82, 2.24) is 10.2 Å². The molecule has 0 heterocycles. The normalized spacial score (nSPS) is 11.9. The number of rotatable bonds is 12. The van der Waals surface area contributed by atoms with E-state index in [1.165, 1.54) is 23.4 Å². The molecule has 0 unspecified atom stereocenters. The second kappa shape index (κ2) is 12.3. The van der Waals surface area contributed by atoms with Crippen LogP contribution in [0.25, 0.3) is 0 Å². The maximum Gasteiger partial charge on any atom is 0.242 e. The van der Waals surface area contributed by atoms with Crippen LogP contribution in [0.2, 0.25) is 0 Å². The first-order valence-corrected chi connectivity index (χ1v) is 12.7. The van der Waals surface area contributed by atoms with E-state index in [1.54, 1.807) is 50.4 Å². The Labute approximate surface area is 201 Å². The van der Waals surface area contributed by atoms with Crippen LogP contribution >= 0.6 is 0 Å². The zero-order chi connectivity index (χ0) is 25.3. The number of anilines is 1. The van der Waals surface area contributed by atoms with Crippen LogP contribution in [-0.4, -0.2) is 65.2 Å². The van der Waals surface area contributed by atoms with E-state index >= 15 is 0 Å². The number of hydrogen-bond acceptors (Lipinski definition) is 6. The fourth-order valence-corrected chi connectivity index (χ4v) is 4.51. The van der Waals surface area contributed by atoms with Gasteiger partial charge in [-0.15, -0.1) is 0 Å². The SMILES string of the molecule is CNC(=O)[C@@H](C)N(Cc1ccc(OC)cc1)C(=O)CCCN(c1ccccc1OC)S(C)(=O)=O. The highest BCUT2D eigenvalue weighted by atomic mass is 32.2. The van der Waals surface area contributed by atoms with Crippen LogP contribution in [0.1, 0.15) is 25.3 Å². The Morgan fingerprint density at radius 1 is 1.03 bits per heavy atom. The summed E-state index contributed by atoms with van der Waals surface area (Å²) in [5.74, 6) is 0.584. The summed E-state index contributed by atoms with van der Waals surface area (Å²) in [4.78, 5) is 26.9. The molecule has 0 saturated heterocycles. The smallest absolute Gasteiger partial charge is 0.242 e. The van der Waals surface area contributed by atoms with Crippen molar-refractivity contribution in [2.75, 3.05) is 38.4 Å². The minimum absolute atomic E-state index is 0.0681. The molecule has 0 aliphatic carbocycles. The monoisotopic (exact) mass is 491 g/mol. The van der Waals surface area contributed by atoms with Crippen molar-refractivity contribution in [1.29, 1.82) is 0 Å². The number of carbonyl (C=O) groups is 2. The van der Waals surface area contributed by atoms with Crippen LogP contribution in [-0.2, 0) is 26.2 Å². The Kier molecular flexibility index (Phi) is 9.73. The Bertz CT molecular complexity index is 1070. The average molecular weight is 492 g/mol. The number of sulfonamides is 1. The highest BCUT2D eigenvalue weighted by Crippen LogP contribution is 2.29. The first-order chi connectivity index (χ1) is 16.1. The number of carbonyl (C=O) groups excluding carboxylic acids is 2. The summed E-state index contributed by atoms with van der Waals surface area (Å²) in [5, 5.41) is 2.58. The second-order valence-corrected chi connectivity index (χ2v) is 9.68. The molecule has 2 rings (SSSR count). The van der Waals surface area contributed by atoms with Crippen molar-refractivity contribution < 1.29 is 27.5 Å². The predicted molar refractivity (Wildman–Crippen MR) is 131 cm³/mol. The molecule has 0 saturated carbocycles. The molecule has 10 heteroatoms. The number of nitrogens with zero attached hydrogens (tertiary/aromatic N) is 2. The van der Waals surface area contributed by atoms with Gasteiger partial charge in [-0.3, -0.25) is 13.9 Å². The molecule has 0 aromatic heterocycles. The van der Waals surface area contributed by atoms with Crippen molar-refractivity contribution in [2.24, 2.45) is 0 Å². The second-order valence-electron chi connectivity index (χ2n) is 7.77. The van der Waals surface area contributed by atoms with Gasteiger partial charge in [-0.2, -0.15) is 0 Å². The third kappa shape index (κ3) is 7.11. The zero-order valence-electron chi connectivity index (χ0n) is 20.3. The molecule has 9 nitrogen and oxygen atoms in total. The van der Waals surface area contributed by atoms with Crippen LogP contribution in [0.5, 0.6) is 11.5 Å². The van der Waals surface area contributed by atoms with Crippen LogP contribution in [0.15, 0.2) is 48.5 Å². The minimum Gasteiger partial charge on any atom is -0.497 e. The fraction of sp³-hybridized carbons (Fsp3) is 0.417. The van der Waals surface area contributed by atoms with Crippen LogP contribution in [0.4, 0.5) is 5.69 Å². The van der Waals surface area contributed by atoms with Gasteiger partial charge < -0.3 is 19.7 Å². The van der Waals surface area contributed by atoms with E-state index in [2.05, 4.69) is 5.32 Å². The van der Waals surface area contributed by atoms with Crippen molar-refractivity contribution in [3.05, 3.63) is 54.1 Å². The van der Waals surface area contributed by atoms with Crippen LogP contribution < -0.4 is 19.1 Å². The highest BCUT2D eigenvalue weighted by Gasteiger charge is 2.26. The Morgan fingerprint density at radius 3 is 2.24 bits per heavy atom. The van der Waals surface area contributed by atoms with Crippen LogP contribution in [0.3, 0.4) is 0 Å². The summed E-state index contributed by atoms with van der Waals surface area (Å²) in [6.07, 6.45) is 1.45. The summed E-state index contributed by atoms with van der Waals surface area (Å²) in [7, 11) is 0.960. The van der Waals surface area contributed by atoms with Gasteiger partial charge in [-0.05, 0) is 43.2 Å².